The smallest absolute Gasteiger partial charge is 0.268 e. The zero-order chi connectivity index (χ0) is 26.7. The first-order chi connectivity index (χ1) is 18.6. The van der Waals surface area contributed by atoms with Crippen molar-refractivity contribution in [3.8, 4) is 34.6 Å². The molecule has 0 atom stereocenters. The Kier molecular flexibility index (Phi) is 9.11. The van der Waals surface area contributed by atoms with E-state index in [1.54, 1.807) is 25.3 Å². The second-order valence-electron chi connectivity index (χ2n) is 8.30. The highest BCUT2D eigenvalue weighted by molar-refractivity contribution is 7.14. The first-order valence-corrected chi connectivity index (χ1v) is 12.9. The number of nitrogens with zero attached hydrogens (tertiary/aromatic N) is 2. The van der Waals surface area contributed by atoms with E-state index in [0.29, 0.717) is 41.8 Å². The first kappa shape index (κ1) is 26.5. The summed E-state index contributed by atoms with van der Waals surface area (Å²) in [6, 6.07) is 24.8. The van der Waals surface area contributed by atoms with Gasteiger partial charge in [0.25, 0.3) is 5.91 Å². The number of rotatable bonds is 11. The topological polar surface area (TPSA) is 93.5 Å². The summed E-state index contributed by atoms with van der Waals surface area (Å²) in [7, 11) is 1.54. The van der Waals surface area contributed by atoms with E-state index < -0.39 is 5.91 Å². The molecule has 0 aliphatic rings. The minimum atomic E-state index is -0.533. The monoisotopic (exact) mass is 525 g/mol. The van der Waals surface area contributed by atoms with Crippen molar-refractivity contribution in [1.82, 2.24) is 4.98 Å². The van der Waals surface area contributed by atoms with Gasteiger partial charge in [0.1, 0.15) is 17.4 Å². The predicted molar refractivity (Wildman–Crippen MR) is 150 cm³/mol. The fourth-order valence-electron chi connectivity index (χ4n) is 3.51. The van der Waals surface area contributed by atoms with Gasteiger partial charge in [-0.2, -0.15) is 5.26 Å². The van der Waals surface area contributed by atoms with Crippen LogP contribution >= 0.6 is 11.3 Å². The van der Waals surface area contributed by atoms with Crippen molar-refractivity contribution in [3.63, 3.8) is 0 Å². The van der Waals surface area contributed by atoms with Crippen LogP contribution in [-0.4, -0.2) is 31.2 Å². The zero-order valence-electron chi connectivity index (χ0n) is 21.1. The number of ether oxygens (including phenoxy) is 3. The third kappa shape index (κ3) is 7.21. The van der Waals surface area contributed by atoms with E-state index in [-0.39, 0.29) is 5.57 Å². The highest BCUT2D eigenvalue weighted by Crippen LogP contribution is 2.29. The number of hydrogen-bond donors (Lipinski definition) is 1. The van der Waals surface area contributed by atoms with Crippen LogP contribution in [0.4, 0.5) is 5.13 Å². The molecule has 7 nitrogen and oxygen atoms in total. The van der Waals surface area contributed by atoms with Crippen LogP contribution in [-0.2, 0) is 4.79 Å². The molecule has 192 valence electrons. The fraction of sp³-hybridized carbons (Fsp3) is 0.167. The lowest BCUT2D eigenvalue weighted by molar-refractivity contribution is -0.112. The van der Waals surface area contributed by atoms with Crippen molar-refractivity contribution in [2.75, 3.05) is 25.6 Å². The highest BCUT2D eigenvalue weighted by atomic mass is 32.1. The molecule has 3 aromatic carbocycles. The largest absolute Gasteiger partial charge is 0.493 e. The van der Waals surface area contributed by atoms with Crippen LogP contribution in [0, 0.1) is 18.3 Å². The van der Waals surface area contributed by atoms with E-state index in [0.717, 1.165) is 17.0 Å². The number of aromatic nitrogens is 1. The number of benzene rings is 3. The highest BCUT2D eigenvalue weighted by Gasteiger charge is 2.14. The van der Waals surface area contributed by atoms with Gasteiger partial charge in [-0.25, -0.2) is 4.98 Å². The van der Waals surface area contributed by atoms with Crippen LogP contribution in [0.5, 0.6) is 17.2 Å². The lowest BCUT2D eigenvalue weighted by atomic mass is 10.1. The predicted octanol–water partition coefficient (Wildman–Crippen LogP) is 6.52. The Morgan fingerprint density at radius 2 is 1.79 bits per heavy atom. The van der Waals surface area contributed by atoms with Gasteiger partial charge in [-0.3, -0.25) is 10.1 Å². The normalized spacial score (nSPS) is 10.9. The van der Waals surface area contributed by atoms with Crippen LogP contribution in [0.25, 0.3) is 17.3 Å². The molecule has 4 rings (SSSR count). The molecule has 0 unspecified atom stereocenters. The summed E-state index contributed by atoms with van der Waals surface area (Å²) in [6.07, 6.45) is 2.20. The number of nitriles is 1. The summed E-state index contributed by atoms with van der Waals surface area (Å²) in [6.45, 7) is 3.01. The number of carbonyl (C=O) groups is 1. The molecule has 0 saturated heterocycles. The van der Waals surface area contributed by atoms with Gasteiger partial charge in [-0.15, -0.1) is 11.3 Å². The maximum atomic E-state index is 12.7. The van der Waals surface area contributed by atoms with E-state index >= 15 is 0 Å². The molecule has 1 aromatic heterocycles. The second-order valence-corrected chi connectivity index (χ2v) is 9.16. The van der Waals surface area contributed by atoms with E-state index in [1.807, 2.05) is 73.0 Å². The average molecular weight is 526 g/mol. The number of thiazole rings is 1. The zero-order valence-corrected chi connectivity index (χ0v) is 22.0. The van der Waals surface area contributed by atoms with Crippen molar-refractivity contribution in [3.05, 3.63) is 94.9 Å². The molecule has 38 heavy (non-hydrogen) atoms. The van der Waals surface area contributed by atoms with Crippen LogP contribution in [0.15, 0.2) is 83.7 Å². The lowest BCUT2D eigenvalue weighted by Crippen LogP contribution is -2.13. The third-order valence-corrected chi connectivity index (χ3v) is 6.25. The lowest BCUT2D eigenvalue weighted by Gasteiger charge is -2.12. The average Bonchev–Trinajstić information content (AvgIpc) is 3.41. The van der Waals surface area contributed by atoms with Crippen molar-refractivity contribution >= 4 is 28.5 Å². The van der Waals surface area contributed by atoms with Crippen molar-refractivity contribution < 1.29 is 19.0 Å². The second kappa shape index (κ2) is 13.1. The number of methoxy groups -OCH3 is 1. The van der Waals surface area contributed by atoms with Gasteiger partial charge in [0.2, 0.25) is 0 Å². The Balaban J connectivity index is 1.34. The van der Waals surface area contributed by atoms with Gasteiger partial charge >= 0.3 is 0 Å². The summed E-state index contributed by atoms with van der Waals surface area (Å²) < 4.78 is 17.1. The molecule has 0 aliphatic carbocycles. The van der Waals surface area contributed by atoms with Crippen molar-refractivity contribution in [1.29, 1.82) is 5.26 Å². The van der Waals surface area contributed by atoms with Gasteiger partial charge in [0.15, 0.2) is 16.6 Å². The maximum Gasteiger partial charge on any atom is 0.268 e. The molecule has 0 spiro atoms. The van der Waals surface area contributed by atoms with Crippen LogP contribution in [0.3, 0.4) is 0 Å². The van der Waals surface area contributed by atoms with Gasteiger partial charge in [-0.05, 0) is 42.8 Å². The molecule has 0 bridgehead atoms. The minimum absolute atomic E-state index is 0.0505. The molecule has 0 aliphatic heterocycles. The molecule has 0 radical (unpaired) electrons. The van der Waals surface area contributed by atoms with Gasteiger partial charge in [0.05, 0.1) is 26.0 Å². The van der Waals surface area contributed by atoms with E-state index in [4.69, 9.17) is 14.2 Å². The number of hydrogen-bond acceptors (Lipinski definition) is 7. The molecular formula is C30H27N3O4S. The van der Waals surface area contributed by atoms with E-state index in [1.165, 1.54) is 23.0 Å². The SMILES string of the molecule is COc1cc(C=C(C#N)C(=O)Nc2nc(-c3ccccc3)cs2)ccc1OCCCOc1ccc(C)cc1. The van der Waals surface area contributed by atoms with Crippen LogP contribution in [0.1, 0.15) is 17.5 Å². The Labute approximate surface area is 226 Å². The molecule has 1 amide bonds. The quantitative estimate of drug-likeness (QED) is 0.136. The van der Waals surface area contributed by atoms with E-state index in [2.05, 4.69) is 10.3 Å². The molecule has 1 heterocycles. The standard InChI is InChI=1S/C30H27N3O4S/c1-21-9-12-25(13-10-21)36-15-6-16-37-27-14-11-22(18-28(27)35-2)17-24(19-31)29(34)33-30-32-26(20-38-30)23-7-4-3-5-8-23/h3-5,7-14,17-18,20H,6,15-16H2,1-2H3,(H,32,33,34). The summed E-state index contributed by atoms with van der Waals surface area (Å²) in [5, 5.41) is 14.6. The first-order valence-electron chi connectivity index (χ1n) is 12.0. The van der Waals surface area contributed by atoms with Crippen LogP contribution < -0.4 is 19.5 Å². The molecule has 4 aromatic rings. The number of aryl methyl sites for hydroxylation is 1. The Morgan fingerprint density at radius 1 is 1.03 bits per heavy atom. The number of anilines is 1. The Hall–Kier alpha value is -4.61. The van der Waals surface area contributed by atoms with Gasteiger partial charge in [-0.1, -0.05) is 54.1 Å². The fourth-order valence-corrected chi connectivity index (χ4v) is 4.23. The summed E-state index contributed by atoms with van der Waals surface area (Å²) in [4.78, 5) is 17.2. The minimum Gasteiger partial charge on any atom is -0.493 e. The van der Waals surface area contributed by atoms with Crippen molar-refractivity contribution in [2.45, 2.75) is 13.3 Å². The third-order valence-electron chi connectivity index (χ3n) is 5.49. The number of nitrogens with one attached hydrogen (secondary N) is 1. The van der Waals surface area contributed by atoms with Crippen LogP contribution in [0.2, 0.25) is 0 Å². The summed E-state index contributed by atoms with van der Waals surface area (Å²) in [5.41, 5.74) is 3.48. The van der Waals surface area contributed by atoms with E-state index in [9.17, 15) is 10.1 Å². The molecule has 8 heteroatoms. The Bertz CT molecular complexity index is 1440. The molecule has 0 fully saturated rings. The summed E-state index contributed by atoms with van der Waals surface area (Å²) in [5.74, 6) is 1.37. The molecule has 0 saturated carbocycles. The maximum absolute atomic E-state index is 12.7. The molecule has 1 N–H and O–H groups in total. The number of carbonyl (C=O) groups excluding carboxylic acids is 1. The van der Waals surface area contributed by atoms with Gasteiger partial charge in [0, 0.05) is 17.4 Å². The Morgan fingerprint density at radius 3 is 2.53 bits per heavy atom. The molecular weight excluding hydrogens is 498 g/mol. The number of amides is 1. The summed E-state index contributed by atoms with van der Waals surface area (Å²) >= 11 is 1.30. The van der Waals surface area contributed by atoms with Crippen molar-refractivity contribution in [2.24, 2.45) is 0 Å². The van der Waals surface area contributed by atoms with Gasteiger partial charge < -0.3 is 14.2 Å².